The third kappa shape index (κ3) is 5.15. The summed E-state index contributed by atoms with van der Waals surface area (Å²) in [6.07, 6.45) is 0.639. The Morgan fingerprint density at radius 2 is 1.76 bits per heavy atom. The largest absolute Gasteiger partial charge is 0.433 e. The maximum absolute atomic E-state index is 12.8. The summed E-state index contributed by atoms with van der Waals surface area (Å²) in [5, 5.41) is 6.29. The summed E-state index contributed by atoms with van der Waals surface area (Å²) in [5.74, 6) is -0.577. The van der Waals surface area contributed by atoms with E-state index in [4.69, 9.17) is 11.6 Å². The van der Waals surface area contributed by atoms with E-state index in [9.17, 15) is 18.0 Å². The van der Waals surface area contributed by atoms with E-state index >= 15 is 0 Å². The molecule has 2 aromatic carbocycles. The number of alkyl halides is 3. The highest BCUT2D eigenvalue weighted by Gasteiger charge is 2.33. The summed E-state index contributed by atoms with van der Waals surface area (Å²) < 4.78 is 40.3. The number of amides is 1. The molecule has 0 bridgehead atoms. The van der Waals surface area contributed by atoms with Gasteiger partial charge in [0.05, 0.1) is 28.3 Å². The molecule has 10 heteroatoms. The Bertz CT molecular complexity index is 1290. The van der Waals surface area contributed by atoms with Gasteiger partial charge < -0.3 is 15.2 Å². The molecule has 4 aromatic rings. The number of rotatable bonds is 5. The number of carbonyl (C=O) groups excluding carboxylic acids is 1. The van der Waals surface area contributed by atoms with Crippen molar-refractivity contribution in [2.24, 2.45) is 0 Å². The van der Waals surface area contributed by atoms with Crippen LogP contribution in [0.4, 0.5) is 30.2 Å². The maximum atomic E-state index is 12.8. The average molecular weight is 472 g/mol. The molecule has 33 heavy (non-hydrogen) atoms. The van der Waals surface area contributed by atoms with Crippen molar-refractivity contribution in [3.8, 4) is 5.69 Å². The molecule has 0 radical (unpaired) electrons. The number of imidazole rings is 1. The van der Waals surface area contributed by atoms with Gasteiger partial charge in [-0.15, -0.1) is 0 Å². The molecule has 2 aromatic heterocycles. The van der Waals surface area contributed by atoms with E-state index in [0.29, 0.717) is 16.4 Å². The van der Waals surface area contributed by atoms with Gasteiger partial charge in [0.1, 0.15) is 5.69 Å². The van der Waals surface area contributed by atoms with E-state index in [1.54, 1.807) is 30.7 Å². The predicted molar refractivity (Wildman–Crippen MR) is 120 cm³/mol. The lowest BCUT2D eigenvalue weighted by Crippen LogP contribution is -2.16. The van der Waals surface area contributed by atoms with E-state index in [2.05, 4.69) is 20.6 Å². The molecule has 6 nitrogen and oxygen atoms in total. The van der Waals surface area contributed by atoms with Gasteiger partial charge in [0.15, 0.2) is 0 Å². The zero-order valence-corrected chi connectivity index (χ0v) is 17.9. The highest BCUT2D eigenvalue weighted by Crippen LogP contribution is 2.30. The van der Waals surface area contributed by atoms with E-state index in [1.807, 2.05) is 35.0 Å². The number of benzene rings is 2. The van der Waals surface area contributed by atoms with Crippen LogP contribution in [0.25, 0.3) is 5.69 Å². The van der Waals surface area contributed by atoms with E-state index in [1.165, 1.54) is 6.92 Å². The molecule has 2 heterocycles. The van der Waals surface area contributed by atoms with Gasteiger partial charge in [0.25, 0.3) is 5.91 Å². The third-order valence-corrected chi connectivity index (χ3v) is 5.12. The number of nitrogens with zero attached hydrogens (tertiary/aromatic N) is 3. The highest BCUT2D eigenvalue weighted by atomic mass is 35.5. The smallest absolute Gasteiger partial charge is 0.354 e. The van der Waals surface area contributed by atoms with Crippen LogP contribution >= 0.6 is 11.6 Å². The number of carbonyl (C=O) groups is 1. The van der Waals surface area contributed by atoms with Crippen LogP contribution in [0.3, 0.4) is 0 Å². The van der Waals surface area contributed by atoms with Crippen LogP contribution in [0.2, 0.25) is 5.02 Å². The molecular formula is C23H17ClF3N5O. The molecule has 168 valence electrons. The monoisotopic (exact) mass is 471 g/mol. The summed E-state index contributed by atoms with van der Waals surface area (Å²) in [6, 6.07) is 14.3. The van der Waals surface area contributed by atoms with Crippen molar-refractivity contribution >= 4 is 34.6 Å². The Morgan fingerprint density at radius 1 is 1.03 bits per heavy atom. The summed E-state index contributed by atoms with van der Waals surface area (Å²) >= 11 is 6.29. The molecule has 0 aliphatic heterocycles. The second-order valence-electron chi connectivity index (χ2n) is 7.12. The minimum absolute atomic E-state index is 0.0207. The minimum Gasteiger partial charge on any atom is -0.354 e. The van der Waals surface area contributed by atoms with Gasteiger partial charge >= 0.3 is 6.18 Å². The highest BCUT2D eigenvalue weighted by molar-refractivity contribution is 6.33. The zero-order valence-electron chi connectivity index (χ0n) is 17.2. The van der Waals surface area contributed by atoms with Gasteiger partial charge in [-0.2, -0.15) is 13.2 Å². The Balaban J connectivity index is 1.50. The third-order valence-electron chi connectivity index (χ3n) is 4.79. The van der Waals surface area contributed by atoms with Gasteiger partial charge in [0, 0.05) is 29.5 Å². The first-order valence-electron chi connectivity index (χ1n) is 9.72. The second kappa shape index (κ2) is 8.95. The van der Waals surface area contributed by atoms with Crippen LogP contribution in [-0.4, -0.2) is 20.4 Å². The Labute approximate surface area is 192 Å². The Kier molecular flexibility index (Phi) is 6.06. The van der Waals surface area contributed by atoms with Crippen LogP contribution in [0.1, 0.15) is 21.7 Å². The van der Waals surface area contributed by atoms with Crippen molar-refractivity contribution in [3.05, 3.63) is 95.3 Å². The number of nitrogens with one attached hydrogen (secondary N) is 2. The van der Waals surface area contributed by atoms with Crippen molar-refractivity contribution in [1.82, 2.24) is 14.5 Å². The summed E-state index contributed by atoms with van der Waals surface area (Å²) in [4.78, 5) is 20.1. The van der Waals surface area contributed by atoms with Crippen molar-refractivity contribution in [3.63, 3.8) is 0 Å². The topological polar surface area (TPSA) is 71.8 Å². The van der Waals surface area contributed by atoms with Gasteiger partial charge in [-0.3, -0.25) is 4.79 Å². The average Bonchev–Trinajstić information content (AvgIpc) is 3.31. The first-order chi connectivity index (χ1) is 15.7. The van der Waals surface area contributed by atoms with Crippen LogP contribution in [0, 0.1) is 6.92 Å². The predicted octanol–water partition coefficient (Wildman–Crippen LogP) is 6.24. The first-order valence-corrected chi connectivity index (χ1v) is 10.1. The molecule has 0 unspecified atom stereocenters. The SMILES string of the molecule is Cc1nc(C(F)(F)F)ccc1C(=O)Nc1ccc(Cl)c(Nc2ccc(-n3ccnc3)cc2)c1. The van der Waals surface area contributed by atoms with Crippen LogP contribution in [-0.2, 0) is 6.18 Å². The van der Waals surface area contributed by atoms with Gasteiger partial charge in [0.2, 0.25) is 0 Å². The van der Waals surface area contributed by atoms with Gasteiger partial charge in [-0.05, 0) is 61.5 Å². The Morgan fingerprint density at radius 3 is 2.39 bits per heavy atom. The van der Waals surface area contributed by atoms with E-state index < -0.39 is 17.8 Å². The molecule has 0 saturated carbocycles. The molecule has 2 N–H and O–H groups in total. The molecule has 0 spiro atoms. The molecule has 0 aliphatic rings. The van der Waals surface area contributed by atoms with E-state index in [0.717, 1.165) is 23.5 Å². The first kappa shape index (κ1) is 22.3. The fourth-order valence-corrected chi connectivity index (χ4v) is 3.31. The minimum atomic E-state index is -4.58. The number of anilines is 3. The van der Waals surface area contributed by atoms with Gasteiger partial charge in [-0.25, -0.2) is 9.97 Å². The summed E-state index contributed by atoms with van der Waals surface area (Å²) in [5.41, 5.74) is 1.65. The number of halogens is 4. The summed E-state index contributed by atoms with van der Waals surface area (Å²) in [6.45, 7) is 1.35. The number of hydrogen-bond donors (Lipinski definition) is 2. The van der Waals surface area contributed by atoms with Crippen LogP contribution < -0.4 is 10.6 Å². The molecule has 0 saturated heterocycles. The zero-order chi connectivity index (χ0) is 23.6. The Hall–Kier alpha value is -3.85. The van der Waals surface area contributed by atoms with Gasteiger partial charge in [-0.1, -0.05) is 11.6 Å². The number of hydrogen-bond acceptors (Lipinski definition) is 4. The maximum Gasteiger partial charge on any atom is 0.433 e. The standard InChI is InChI=1S/C23H17ClF3N5O/c1-14-18(7-9-21(29-14)23(25,26)27)22(33)31-16-4-8-19(24)20(12-16)30-15-2-5-17(6-3-15)32-11-10-28-13-32/h2-13,30H,1H3,(H,31,33). The van der Waals surface area contributed by atoms with Crippen molar-refractivity contribution in [2.75, 3.05) is 10.6 Å². The second-order valence-corrected chi connectivity index (χ2v) is 7.52. The molecule has 1 amide bonds. The normalized spacial score (nSPS) is 11.3. The van der Waals surface area contributed by atoms with E-state index in [-0.39, 0.29) is 11.3 Å². The molecule has 4 rings (SSSR count). The molecular weight excluding hydrogens is 455 g/mol. The van der Waals surface area contributed by atoms with Crippen molar-refractivity contribution < 1.29 is 18.0 Å². The number of pyridine rings is 1. The molecule has 0 aliphatic carbocycles. The lowest BCUT2D eigenvalue weighted by molar-refractivity contribution is -0.141. The quantitative estimate of drug-likeness (QED) is 0.361. The lowest BCUT2D eigenvalue weighted by atomic mass is 10.1. The fourth-order valence-electron chi connectivity index (χ4n) is 3.14. The molecule has 0 atom stereocenters. The molecule has 0 fully saturated rings. The van der Waals surface area contributed by atoms with Crippen molar-refractivity contribution in [2.45, 2.75) is 13.1 Å². The van der Waals surface area contributed by atoms with Crippen LogP contribution in [0.5, 0.6) is 0 Å². The lowest BCUT2D eigenvalue weighted by Gasteiger charge is -2.13. The number of aryl methyl sites for hydroxylation is 1. The fraction of sp³-hybridized carbons (Fsp3) is 0.0870. The number of aromatic nitrogens is 3. The van der Waals surface area contributed by atoms with Crippen LogP contribution in [0.15, 0.2) is 73.3 Å². The van der Waals surface area contributed by atoms with Crippen molar-refractivity contribution in [1.29, 1.82) is 0 Å². The summed E-state index contributed by atoms with van der Waals surface area (Å²) in [7, 11) is 0.